The first kappa shape index (κ1) is 15.9. The number of carbonyl (C=O) groups is 1. The number of halogens is 1. The molecule has 2 atom stereocenters. The van der Waals surface area contributed by atoms with Crippen molar-refractivity contribution in [1.29, 1.82) is 0 Å². The second kappa shape index (κ2) is 5.75. The van der Waals surface area contributed by atoms with Crippen LogP contribution in [0.25, 0.3) is 0 Å². The van der Waals surface area contributed by atoms with Crippen molar-refractivity contribution in [2.75, 3.05) is 6.61 Å². The van der Waals surface area contributed by atoms with Crippen LogP contribution in [0.3, 0.4) is 0 Å². The average molecular weight is 356 g/mol. The van der Waals surface area contributed by atoms with E-state index in [-0.39, 0.29) is 28.4 Å². The summed E-state index contributed by atoms with van der Waals surface area (Å²) in [6.45, 7) is 5.82. The Labute approximate surface area is 132 Å². The van der Waals surface area contributed by atoms with Gasteiger partial charge < -0.3 is 4.74 Å². The summed E-state index contributed by atoms with van der Waals surface area (Å²) in [5, 5.41) is 11.2. The van der Waals surface area contributed by atoms with E-state index in [2.05, 4.69) is 15.9 Å². The zero-order chi connectivity index (χ0) is 15.8. The largest absolute Gasteiger partial charge is 0.466 e. The number of benzene rings is 1. The van der Waals surface area contributed by atoms with Crippen molar-refractivity contribution in [1.82, 2.24) is 0 Å². The highest BCUT2D eigenvalue weighted by atomic mass is 79.9. The minimum Gasteiger partial charge on any atom is -0.466 e. The third kappa shape index (κ3) is 3.10. The second-order valence-corrected chi connectivity index (χ2v) is 6.77. The average Bonchev–Trinajstić information content (AvgIpc) is 3.19. The molecule has 1 aliphatic rings. The minimum atomic E-state index is -0.623. The summed E-state index contributed by atoms with van der Waals surface area (Å²) >= 11 is 3.25. The molecule has 0 aliphatic heterocycles. The topological polar surface area (TPSA) is 69.4 Å². The lowest BCUT2D eigenvalue weighted by Crippen LogP contribution is -2.29. The van der Waals surface area contributed by atoms with Gasteiger partial charge in [0.25, 0.3) is 5.69 Å². The van der Waals surface area contributed by atoms with E-state index >= 15 is 0 Å². The van der Waals surface area contributed by atoms with Crippen molar-refractivity contribution in [2.45, 2.75) is 33.1 Å². The highest BCUT2D eigenvalue weighted by Crippen LogP contribution is 2.59. The van der Waals surface area contributed by atoms with Crippen LogP contribution < -0.4 is 0 Å². The molecule has 0 aromatic heterocycles. The van der Waals surface area contributed by atoms with E-state index < -0.39 is 5.41 Å². The van der Waals surface area contributed by atoms with Crippen molar-refractivity contribution < 1.29 is 14.5 Å². The third-order valence-corrected chi connectivity index (χ3v) is 4.60. The molecule has 1 aliphatic carbocycles. The molecule has 0 amide bonds. The Hall–Kier alpha value is -1.43. The summed E-state index contributed by atoms with van der Waals surface area (Å²) in [6, 6.07) is 5.09. The predicted octanol–water partition coefficient (Wildman–Crippen LogP) is 4.05. The number of hydrogen-bond acceptors (Lipinski definition) is 4. The summed E-state index contributed by atoms with van der Waals surface area (Å²) in [7, 11) is 0. The molecule has 0 N–H and O–H groups in total. The van der Waals surface area contributed by atoms with Crippen LogP contribution in [0.1, 0.15) is 38.7 Å². The molecule has 6 heteroatoms. The molecule has 1 saturated carbocycles. The quantitative estimate of drug-likeness (QED) is 0.453. The van der Waals surface area contributed by atoms with Crippen molar-refractivity contribution in [3.8, 4) is 0 Å². The normalized spacial score (nSPS) is 21.0. The van der Waals surface area contributed by atoms with Crippen molar-refractivity contribution in [2.24, 2.45) is 11.3 Å². The first-order valence-electron chi connectivity index (χ1n) is 6.90. The molecule has 0 saturated heterocycles. The number of carbonyl (C=O) groups excluding carboxylic acids is 1. The van der Waals surface area contributed by atoms with Gasteiger partial charge in [-0.1, -0.05) is 22.0 Å². The summed E-state index contributed by atoms with van der Waals surface area (Å²) in [5.74, 6) is -0.119. The molecule has 5 nitrogen and oxygen atoms in total. The fraction of sp³-hybridized carbons (Fsp3) is 0.533. The van der Waals surface area contributed by atoms with Crippen LogP contribution in [-0.2, 0) is 9.53 Å². The van der Waals surface area contributed by atoms with E-state index in [1.54, 1.807) is 19.1 Å². The first-order chi connectivity index (χ1) is 9.78. The van der Waals surface area contributed by atoms with Crippen LogP contribution in [0.4, 0.5) is 5.69 Å². The number of esters is 1. The van der Waals surface area contributed by atoms with E-state index in [0.29, 0.717) is 16.6 Å². The minimum absolute atomic E-state index is 0.0397. The molecule has 1 fully saturated rings. The van der Waals surface area contributed by atoms with Crippen molar-refractivity contribution in [3.63, 3.8) is 0 Å². The summed E-state index contributed by atoms with van der Waals surface area (Å²) in [6.07, 6.45) is 0.772. The van der Waals surface area contributed by atoms with E-state index in [1.807, 2.05) is 13.8 Å². The predicted molar refractivity (Wildman–Crippen MR) is 82.1 cm³/mol. The maximum absolute atomic E-state index is 12.0. The van der Waals surface area contributed by atoms with Gasteiger partial charge in [-0.2, -0.15) is 0 Å². The van der Waals surface area contributed by atoms with Gasteiger partial charge in [0.15, 0.2) is 0 Å². The van der Waals surface area contributed by atoms with Gasteiger partial charge in [-0.15, -0.1) is 0 Å². The van der Waals surface area contributed by atoms with E-state index in [0.717, 1.165) is 6.42 Å². The number of hydrogen-bond donors (Lipinski definition) is 0. The van der Waals surface area contributed by atoms with E-state index in [9.17, 15) is 14.9 Å². The number of nitro groups is 1. The van der Waals surface area contributed by atoms with Crippen LogP contribution >= 0.6 is 15.9 Å². The van der Waals surface area contributed by atoms with Gasteiger partial charge in [0.05, 0.1) is 16.9 Å². The highest BCUT2D eigenvalue weighted by molar-refractivity contribution is 9.10. The molecule has 0 heterocycles. The summed E-state index contributed by atoms with van der Waals surface area (Å²) < 4.78 is 5.79. The maximum Gasteiger partial charge on any atom is 0.311 e. The first-order valence-corrected chi connectivity index (χ1v) is 7.69. The van der Waals surface area contributed by atoms with Gasteiger partial charge in [0, 0.05) is 16.1 Å². The van der Waals surface area contributed by atoms with Gasteiger partial charge in [-0.25, -0.2) is 0 Å². The van der Waals surface area contributed by atoms with Gasteiger partial charge in [0.2, 0.25) is 0 Å². The zero-order valence-electron chi connectivity index (χ0n) is 12.3. The molecule has 0 radical (unpaired) electrons. The van der Waals surface area contributed by atoms with Crippen LogP contribution in [0, 0.1) is 21.4 Å². The van der Waals surface area contributed by atoms with Gasteiger partial charge in [-0.05, 0) is 45.1 Å². The Kier molecular flexibility index (Phi) is 4.37. The van der Waals surface area contributed by atoms with E-state index in [4.69, 9.17) is 4.74 Å². The molecule has 0 spiro atoms. The maximum atomic E-state index is 12.0. The Balaban J connectivity index is 2.24. The summed E-state index contributed by atoms with van der Waals surface area (Å²) in [4.78, 5) is 22.9. The number of ether oxygens (including phenoxy) is 1. The summed E-state index contributed by atoms with van der Waals surface area (Å²) in [5.41, 5.74) is 0.184. The van der Waals surface area contributed by atoms with Gasteiger partial charge >= 0.3 is 5.97 Å². The van der Waals surface area contributed by atoms with Crippen LogP contribution in [0.15, 0.2) is 22.7 Å². The molecule has 21 heavy (non-hydrogen) atoms. The number of nitro benzene ring substituents is 1. The fourth-order valence-electron chi connectivity index (χ4n) is 2.79. The standard InChI is InChI=1S/C15H18BrNO4/c1-4-21-14(18)15(2,3)12-8-11(12)10-6-5-9(16)7-13(10)17(19)20/h5-7,11-12H,4,8H2,1-3H3/t11-,12?/m1/s1. The SMILES string of the molecule is CCOC(=O)C(C)(C)C1C[C@@H]1c1ccc(Br)cc1[N+](=O)[O-]. The van der Waals surface area contributed by atoms with Crippen molar-refractivity contribution >= 4 is 27.6 Å². The number of rotatable bonds is 5. The van der Waals surface area contributed by atoms with Gasteiger partial charge in [0.1, 0.15) is 0 Å². The Morgan fingerprint density at radius 1 is 1.52 bits per heavy atom. The smallest absolute Gasteiger partial charge is 0.311 e. The number of nitrogens with zero attached hydrogens (tertiary/aromatic N) is 1. The third-order valence-electron chi connectivity index (χ3n) is 4.11. The van der Waals surface area contributed by atoms with Crippen molar-refractivity contribution in [3.05, 3.63) is 38.3 Å². The fourth-order valence-corrected chi connectivity index (χ4v) is 3.14. The lowest BCUT2D eigenvalue weighted by Gasteiger charge is -2.22. The highest BCUT2D eigenvalue weighted by Gasteiger charge is 2.54. The Morgan fingerprint density at radius 3 is 2.76 bits per heavy atom. The lowest BCUT2D eigenvalue weighted by molar-refractivity contribution is -0.385. The van der Waals surface area contributed by atoms with Gasteiger partial charge in [-0.3, -0.25) is 14.9 Å². The molecule has 1 unspecified atom stereocenters. The molecule has 2 rings (SSSR count). The molecular weight excluding hydrogens is 338 g/mol. The Bertz CT molecular complexity index is 585. The lowest BCUT2D eigenvalue weighted by atomic mass is 9.85. The molecular formula is C15H18BrNO4. The second-order valence-electron chi connectivity index (χ2n) is 5.85. The monoisotopic (exact) mass is 355 g/mol. The molecule has 1 aromatic rings. The molecule has 114 valence electrons. The molecule has 0 bridgehead atoms. The van der Waals surface area contributed by atoms with Crippen LogP contribution in [-0.4, -0.2) is 17.5 Å². The Morgan fingerprint density at radius 2 is 2.19 bits per heavy atom. The van der Waals surface area contributed by atoms with Crippen LogP contribution in [0.5, 0.6) is 0 Å². The van der Waals surface area contributed by atoms with E-state index in [1.165, 1.54) is 6.07 Å². The van der Waals surface area contributed by atoms with Crippen LogP contribution in [0.2, 0.25) is 0 Å². The zero-order valence-corrected chi connectivity index (χ0v) is 13.8. The molecule has 1 aromatic carbocycles.